The summed E-state index contributed by atoms with van der Waals surface area (Å²) in [6, 6.07) is 17.3. The Kier molecular flexibility index (Phi) is 4.12. The molecule has 0 saturated carbocycles. The molecule has 0 radical (unpaired) electrons. The Morgan fingerprint density at radius 3 is 2.48 bits per heavy atom. The van der Waals surface area contributed by atoms with Crippen LogP contribution in [0.3, 0.4) is 0 Å². The molecule has 0 aliphatic rings. The standard InChI is InChI=1S/C18H19N3O2/c1-18(2,19)12-22-15-11-7-6-10-14(15)17-20-16(21-23-17)13-8-4-3-5-9-13/h3-11H,12,19H2,1-2H3. The summed E-state index contributed by atoms with van der Waals surface area (Å²) >= 11 is 0. The van der Waals surface area contributed by atoms with Gasteiger partial charge in [-0.3, -0.25) is 0 Å². The Labute approximate surface area is 135 Å². The SMILES string of the molecule is CC(C)(N)COc1ccccc1-c1nc(-c2ccccc2)no1. The molecule has 3 rings (SSSR count). The summed E-state index contributed by atoms with van der Waals surface area (Å²) in [6.45, 7) is 4.22. The van der Waals surface area contributed by atoms with Crippen molar-refractivity contribution in [3.05, 3.63) is 54.6 Å². The van der Waals surface area contributed by atoms with Crippen molar-refractivity contribution in [1.82, 2.24) is 10.1 Å². The molecule has 1 heterocycles. The lowest BCUT2D eigenvalue weighted by atomic mass is 10.1. The number of nitrogens with two attached hydrogens (primary N) is 1. The molecule has 2 aromatic carbocycles. The van der Waals surface area contributed by atoms with Gasteiger partial charge in [0.25, 0.3) is 5.89 Å². The van der Waals surface area contributed by atoms with Gasteiger partial charge in [-0.1, -0.05) is 47.6 Å². The van der Waals surface area contributed by atoms with Crippen LogP contribution in [-0.4, -0.2) is 22.3 Å². The monoisotopic (exact) mass is 309 g/mol. The molecule has 0 fully saturated rings. The highest BCUT2D eigenvalue weighted by Gasteiger charge is 2.17. The van der Waals surface area contributed by atoms with Gasteiger partial charge in [-0.2, -0.15) is 4.98 Å². The molecule has 0 aliphatic heterocycles. The zero-order valence-corrected chi connectivity index (χ0v) is 13.2. The van der Waals surface area contributed by atoms with Crippen molar-refractivity contribution in [2.45, 2.75) is 19.4 Å². The zero-order chi connectivity index (χ0) is 16.3. The quantitative estimate of drug-likeness (QED) is 0.780. The van der Waals surface area contributed by atoms with E-state index in [1.165, 1.54) is 0 Å². The molecule has 5 nitrogen and oxygen atoms in total. The third kappa shape index (κ3) is 3.76. The molecule has 0 bridgehead atoms. The van der Waals surface area contributed by atoms with E-state index in [2.05, 4.69) is 10.1 Å². The molecule has 3 aromatic rings. The van der Waals surface area contributed by atoms with Crippen LogP contribution >= 0.6 is 0 Å². The topological polar surface area (TPSA) is 74.2 Å². The number of hydrogen-bond acceptors (Lipinski definition) is 5. The van der Waals surface area contributed by atoms with Gasteiger partial charge in [0.1, 0.15) is 12.4 Å². The van der Waals surface area contributed by atoms with E-state index in [4.69, 9.17) is 15.0 Å². The Hall–Kier alpha value is -2.66. The summed E-state index contributed by atoms with van der Waals surface area (Å²) in [5.74, 6) is 1.65. The van der Waals surface area contributed by atoms with Gasteiger partial charge in [-0.25, -0.2) is 0 Å². The lowest BCUT2D eigenvalue weighted by Crippen LogP contribution is -2.38. The van der Waals surface area contributed by atoms with Gasteiger partial charge in [0.2, 0.25) is 5.82 Å². The molecular weight excluding hydrogens is 290 g/mol. The maximum atomic E-state index is 5.98. The van der Waals surface area contributed by atoms with E-state index in [0.717, 1.165) is 11.1 Å². The van der Waals surface area contributed by atoms with Gasteiger partial charge in [0, 0.05) is 11.1 Å². The van der Waals surface area contributed by atoms with Crippen LogP contribution in [0.2, 0.25) is 0 Å². The predicted octanol–water partition coefficient (Wildman–Crippen LogP) is 3.52. The van der Waals surface area contributed by atoms with Crippen LogP contribution in [0, 0.1) is 0 Å². The Bertz CT molecular complexity index is 776. The third-order valence-electron chi connectivity index (χ3n) is 3.18. The molecule has 0 atom stereocenters. The molecule has 0 saturated heterocycles. The molecule has 0 spiro atoms. The van der Waals surface area contributed by atoms with Crippen LogP contribution < -0.4 is 10.5 Å². The molecular formula is C18H19N3O2. The van der Waals surface area contributed by atoms with E-state index in [-0.39, 0.29) is 0 Å². The molecule has 0 aliphatic carbocycles. The number of benzene rings is 2. The van der Waals surface area contributed by atoms with Crippen LogP contribution in [0.15, 0.2) is 59.1 Å². The highest BCUT2D eigenvalue weighted by molar-refractivity contribution is 5.65. The second kappa shape index (κ2) is 6.22. The minimum atomic E-state index is -0.419. The van der Waals surface area contributed by atoms with E-state index >= 15 is 0 Å². The Morgan fingerprint density at radius 2 is 1.74 bits per heavy atom. The largest absolute Gasteiger partial charge is 0.491 e. The van der Waals surface area contributed by atoms with Gasteiger partial charge in [0.05, 0.1) is 5.56 Å². The van der Waals surface area contributed by atoms with Gasteiger partial charge in [-0.15, -0.1) is 0 Å². The fourth-order valence-corrected chi connectivity index (χ4v) is 2.07. The van der Waals surface area contributed by atoms with Crippen LogP contribution in [0.25, 0.3) is 22.8 Å². The lowest BCUT2D eigenvalue weighted by Gasteiger charge is -2.19. The first-order chi connectivity index (χ1) is 11.0. The van der Waals surface area contributed by atoms with E-state index in [9.17, 15) is 0 Å². The third-order valence-corrected chi connectivity index (χ3v) is 3.18. The van der Waals surface area contributed by atoms with Gasteiger partial charge >= 0.3 is 0 Å². The molecule has 0 amide bonds. The minimum Gasteiger partial charge on any atom is -0.491 e. The van der Waals surface area contributed by atoms with Gasteiger partial charge in [0.15, 0.2) is 0 Å². The van der Waals surface area contributed by atoms with Crippen molar-refractivity contribution in [1.29, 1.82) is 0 Å². The van der Waals surface area contributed by atoms with Gasteiger partial charge < -0.3 is 15.0 Å². The minimum absolute atomic E-state index is 0.393. The number of nitrogens with zero attached hydrogens (tertiary/aromatic N) is 2. The lowest BCUT2D eigenvalue weighted by molar-refractivity contribution is 0.243. The molecule has 5 heteroatoms. The predicted molar refractivity (Wildman–Crippen MR) is 88.9 cm³/mol. The maximum absolute atomic E-state index is 5.98. The first kappa shape index (κ1) is 15.2. The maximum Gasteiger partial charge on any atom is 0.262 e. The van der Waals surface area contributed by atoms with E-state index in [1.54, 1.807) is 0 Å². The average molecular weight is 309 g/mol. The second-order valence-electron chi connectivity index (χ2n) is 6.06. The van der Waals surface area contributed by atoms with Crippen molar-refractivity contribution in [3.8, 4) is 28.6 Å². The highest BCUT2D eigenvalue weighted by Crippen LogP contribution is 2.30. The van der Waals surface area contributed by atoms with E-state index in [1.807, 2.05) is 68.4 Å². The van der Waals surface area contributed by atoms with Crippen molar-refractivity contribution < 1.29 is 9.26 Å². The van der Waals surface area contributed by atoms with Crippen molar-refractivity contribution in [2.75, 3.05) is 6.61 Å². The van der Waals surface area contributed by atoms with Crippen molar-refractivity contribution >= 4 is 0 Å². The van der Waals surface area contributed by atoms with Crippen LogP contribution in [0.1, 0.15) is 13.8 Å². The molecule has 23 heavy (non-hydrogen) atoms. The summed E-state index contributed by atoms with van der Waals surface area (Å²) in [6.07, 6.45) is 0. The summed E-state index contributed by atoms with van der Waals surface area (Å²) in [5.41, 5.74) is 7.22. The number of ether oxygens (including phenoxy) is 1. The first-order valence-electron chi connectivity index (χ1n) is 7.43. The fourth-order valence-electron chi connectivity index (χ4n) is 2.07. The van der Waals surface area contributed by atoms with E-state index in [0.29, 0.717) is 24.1 Å². The molecule has 118 valence electrons. The first-order valence-corrected chi connectivity index (χ1v) is 7.43. The van der Waals surface area contributed by atoms with Crippen molar-refractivity contribution in [2.24, 2.45) is 5.73 Å². The van der Waals surface area contributed by atoms with Crippen LogP contribution in [0.4, 0.5) is 0 Å². The molecule has 1 aromatic heterocycles. The highest BCUT2D eigenvalue weighted by atomic mass is 16.5. The molecule has 2 N–H and O–H groups in total. The van der Waals surface area contributed by atoms with Crippen molar-refractivity contribution in [3.63, 3.8) is 0 Å². The molecule has 0 unspecified atom stereocenters. The van der Waals surface area contributed by atoms with E-state index < -0.39 is 5.54 Å². The average Bonchev–Trinajstić information content (AvgIpc) is 3.03. The summed E-state index contributed by atoms with van der Waals surface area (Å²) < 4.78 is 11.2. The van der Waals surface area contributed by atoms with Crippen LogP contribution in [0.5, 0.6) is 5.75 Å². The van der Waals surface area contributed by atoms with Crippen LogP contribution in [-0.2, 0) is 0 Å². The van der Waals surface area contributed by atoms with Gasteiger partial charge in [-0.05, 0) is 26.0 Å². The smallest absolute Gasteiger partial charge is 0.262 e. The normalized spacial score (nSPS) is 11.4. The Balaban J connectivity index is 1.89. The number of hydrogen-bond donors (Lipinski definition) is 1. The fraction of sp³-hybridized carbons (Fsp3) is 0.222. The summed E-state index contributed by atoms with van der Waals surface area (Å²) in [5, 5.41) is 4.05. The number of para-hydroxylation sites is 1. The number of rotatable bonds is 5. The zero-order valence-electron chi connectivity index (χ0n) is 13.2. The summed E-state index contributed by atoms with van der Waals surface area (Å²) in [7, 11) is 0. The Morgan fingerprint density at radius 1 is 1.04 bits per heavy atom. The number of aromatic nitrogens is 2. The second-order valence-corrected chi connectivity index (χ2v) is 6.06. The summed E-state index contributed by atoms with van der Waals surface area (Å²) in [4.78, 5) is 4.47.